The van der Waals surface area contributed by atoms with Crippen molar-refractivity contribution in [3.05, 3.63) is 36.1 Å². The summed E-state index contributed by atoms with van der Waals surface area (Å²) < 4.78 is 5.51. The van der Waals surface area contributed by atoms with Crippen molar-refractivity contribution in [2.45, 2.75) is 38.1 Å². The van der Waals surface area contributed by atoms with Gasteiger partial charge in [-0.25, -0.2) is 0 Å². The Morgan fingerprint density at radius 1 is 1.19 bits per heavy atom. The molecule has 0 bridgehead atoms. The Labute approximate surface area is 124 Å². The molecule has 2 aromatic rings. The van der Waals surface area contributed by atoms with Crippen LogP contribution in [0.3, 0.4) is 0 Å². The van der Waals surface area contributed by atoms with Crippen molar-refractivity contribution >= 4 is 16.8 Å². The van der Waals surface area contributed by atoms with Gasteiger partial charge in [0, 0.05) is 11.4 Å². The maximum atomic E-state index is 12.7. The van der Waals surface area contributed by atoms with Crippen LogP contribution < -0.4 is 0 Å². The van der Waals surface area contributed by atoms with Gasteiger partial charge in [-0.15, -0.1) is 0 Å². The van der Waals surface area contributed by atoms with Gasteiger partial charge in [0.2, 0.25) is 0 Å². The number of nitrogens with zero attached hydrogens (tertiary/aromatic N) is 1. The van der Waals surface area contributed by atoms with E-state index in [1.54, 1.807) is 6.26 Å². The summed E-state index contributed by atoms with van der Waals surface area (Å²) in [6, 6.07) is 8.43. The molecule has 1 aliphatic heterocycles. The molecule has 4 rings (SSSR count). The molecular weight excluding hydrogens is 262 g/mol. The Bertz CT molecular complexity index is 660. The molecule has 2 heterocycles. The fourth-order valence-corrected chi connectivity index (χ4v) is 4.22. The number of ketones is 1. The molecule has 110 valence electrons. The summed E-state index contributed by atoms with van der Waals surface area (Å²) in [6.07, 6.45) is 8.16. The number of hydrogen-bond donors (Lipinski definition) is 0. The quantitative estimate of drug-likeness (QED) is 0.802. The summed E-state index contributed by atoms with van der Waals surface area (Å²) in [4.78, 5) is 15.1. The molecule has 0 radical (unpaired) electrons. The average Bonchev–Trinajstić information content (AvgIpc) is 3.14. The van der Waals surface area contributed by atoms with Gasteiger partial charge in [-0.2, -0.15) is 0 Å². The number of para-hydroxylation sites is 1. The standard InChI is InChI=1S/C18H21NO2/c20-17(15-12-21-18-9-2-1-7-14(15)18)11-19-10-4-6-13-5-3-8-16(13)19/h1-2,7,9,12-13,16H,3-6,8,10-11H2. The Morgan fingerprint density at radius 3 is 3.00 bits per heavy atom. The van der Waals surface area contributed by atoms with E-state index in [1.807, 2.05) is 24.3 Å². The van der Waals surface area contributed by atoms with Crippen molar-refractivity contribution in [1.82, 2.24) is 4.90 Å². The molecule has 2 aliphatic rings. The summed E-state index contributed by atoms with van der Waals surface area (Å²) in [7, 11) is 0. The second-order valence-electron chi connectivity index (χ2n) is 6.44. The van der Waals surface area contributed by atoms with E-state index in [2.05, 4.69) is 4.90 Å². The minimum absolute atomic E-state index is 0.201. The Morgan fingerprint density at radius 2 is 2.05 bits per heavy atom. The molecule has 3 nitrogen and oxygen atoms in total. The van der Waals surface area contributed by atoms with Crippen LogP contribution in [0.5, 0.6) is 0 Å². The Balaban J connectivity index is 1.55. The highest BCUT2D eigenvalue weighted by atomic mass is 16.3. The van der Waals surface area contributed by atoms with Gasteiger partial charge < -0.3 is 4.42 Å². The van der Waals surface area contributed by atoms with Crippen LogP contribution in [0.4, 0.5) is 0 Å². The SMILES string of the molecule is O=C(CN1CCCC2CCCC21)c1coc2ccccc12. The number of carbonyl (C=O) groups excluding carboxylic acids is 1. The van der Waals surface area contributed by atoms with Gasteiger partial charge in [0.05, 0.1) is 12.1 Å². The third-order valence-corrected chi connectivity index (χ3v) is 5.24. The molecule has 2 atom stereocenters. The molecule has 1 saturated carbocycles. The predicted molar refractivity (Wildman–Crippen MR) is 82.5 cm³/mol. The van der Waals surface area contributed by atoms with Crippen molar-refractivity contribution in [2.24, 2.45) is 5.92 Å². The summed E-state index contributed by atoms with van der Waals surface area (Å²) in [5.74, 6) is 1.03. The highest BCUT2D eigenvalue weighted by molar-refractivity contribution is 6.08. The molecule has 0 spiro atoms. The minimum atomic E-state index is 0.201. The van der Waals surface area contributed by atoms with E-state index in [0.29, 0.717) is 12.6 Å². The first kappa shape index (κ1) is 13.1. The lowest BCUT2D eigenvalue weighted by Gasteiger charge is -2.37. The maximum Gasteiger partial charge on any atom is 0.180 e. The molecule has 1 saturated heterocycles. The molecule has 1 aliphatic carbocycles. The molecule has 3 heteroatoms. The molecule has 0 amide bonds. The lowest BCUT2D eigenvalue weighted by atomic mass is 9.91. The van der Waals surface area contributed by atoms with Gasteiger partial charge in [0.25, 0.3) is 0 Å². The smallest absolute Gasteiger partial charge is 0.180 e. The van der Waals surface area contributed by atoms with Crippen LogP contribution in [-0.2, 0) is 0 Å². The second-order valence-corrected chi connectivity index (χ2v) is 6.44. The number of piperidine rings is 1. The third-order valence-electron chi connectivity index (χ3n) is 5.24. The lowest BCUT2D eigenvalue weighted by molar-refractivity contribution is 0.0777. The maximum absolute atomic E-state index is 12.7. The van der Waals surface area contributed by atoms with Crippen LogP contribution >= 0.6 is 0 Å². The van der Waals surface area contributed by atoms with E-state index in [-0.39, 0.29) is 5.78 Å². The van der Waals surface area contributed by atoms with Crippen molar-refractivity contribution in [1.29, 1.82) is 0 Å². The van der Waals surface area contributed by atoms with E-state index in [4.69, 9.17) is 4.42 Å². The molecule has 1 aromatic carbocycles. The van der Waals surface area contributed by atoms with Crippen molar-refractivity contribution in [3.8, 4) is 0 Å². The Hall–Kier alpha value is -1.61. The molecule has 0 N–H and O–H groups in total. The lowest BCUT2D eigenvalue weighted by Crippen LogP contribution is -2.45. The first-order valence-electron chi connectivity index (χ1n) is 8.06. The number of rotatable bonds is 3. The molecule has 1 aromatic heterocycles. The van der Waals surface area contributed by atoms with Crippen LogP contribution in [0.1, 0.15) is 42.5 Å². The van der Waals surface area contributed by atoms with Crippen molar-refractivity contribution in [3.63, 3.8) is 0 Å². The Kier molecular flexibility index (Phi) is 3.30. The average molecular weight is 283 g/mol. The van der Waals surface area contributed by atoms with Gasteiger partial charge in [-0.1, -0.05) is 24.6 Å². The zero-order valence-electron chi connectivity index (χ0n) is 12.3. The minimum Gasteiger partial charge on any atom is -0.464 e. The van der Waals surface area contributed by atoms with Crippen LogP contribution in [0, 0.1) is 5.92 Å². The monoisotopic (exact) mass is 283 g/mol. The van der Waals surface area contributed by atoms with Crippen LogP contribution in [-0.4, -0.2) is 29.8 Å². The van der Waals surface area contributed by atoms with Crippen LogP contribution in [0.25, 0.3) is 11.0 Å². The van der Waals surface area contributed by atoms with E-state index in [0.717, 1.165) is 29.0 Å². The van der Waals surface area contributed by atoms with Crippen LogP contribution in [0.2, 0.25) is 0 Å². The number of benzene rings is 1. The van der Waals surface area contributed by atoms with Crippen molar-refractivity contribution < 1.29 is 9.21 Å². The third kappa shape index (κ3) is 2.30. The van der Waals surface area contributed by atoms with Gasteiger partial charge in [-0.3, -0.25) is 9.69 Å². The number of fused-ring (bicyclic) bond motifs is 2. The molecular formula is C18H21NO2. The first-order chi connectivity index (χ1) is 10.3. The largest absolute Gasteiger partial charge is 0.464 e. The van der Waals surface area contributed by atoms with Crippen molar-refractivity contribution in [2.75, 3.05) is 13.1 Å². The highest BCUT2D eigenvalue weighted by Crippen LogP contribution is 2.36. The number of furan rings is 1. The van der Waals surface area contributed by atoms with Gasteiger partial charge in [0.1, 0.15) is 11.8 Å². The summed E-state index contributed by atoms with van der Waals surface area (Å²) >= 11 is 0. The zero-order chi connectivity index (χ0) is 14.2. The van der Waals surface area contributed by atoms with E-state index < -0.39 is 0 Å². The van der Waals surface area contributed by atoms with Gasteiger partial charge in [0.15, 0.2) is 5.78 Å². The van der Waals surface area contributed by atoms with Gasteiger partial charge in [-0.05, 0) is 44.2 Å². The first-order valence-corrected chi connectivity index (χ1v) is 8.06. The van der Waals surface area contributed by atoms with E-state index in [1.165, 1.54) is 32.1 Å². The predicted octanol–water partition coefficient (Wildman–Crippen LogP) is 3.88. The van der Waals surface area contributed by atoms with E-state index >= 15 is 0 Å². The van der Waals surface area contributed by atoms with E-state index in [9.17, 15) is 4.79 Å². The topological polar surface area (TPSA) is 33.5 Å². The fraction of sp³-hybridized carbons (Fsp3) is 0.500. The summed E-state index contributed by atoms with van der Waals surface area (Å²) in [5.41, 5.74) is 1.55. The zero-order valence-corrected chi connectivity index (χ0v) is 12.3. The second kappa shape index (κ2) is 5.30. The van der Waals surface area contributed by atoms with Crippen LogP contribution in [0.15, 0.2) is 34.9 Å². The number of carbonyl (C=O) groups is 1. The number of hydrogen-bond acceptors (Lipinski definition) is 3. The van der Waals surface area contributed by atoms with Gasteiger partial charge >= 0.3 is 0 Å². The molecule has 2 unspecified atom stereocenters. The number of likely N-dealkylation sites (tertiary alicyclic amines) is 1. The molecule has 2 fully saturated rings. The highest BCUT2D eigenvalue weighted by Gasteiger charge is 2.35. The normalized spacial score (nSPS) is 26.1. The summed E-state index contributed by atoms with van der Waals surface area (Å²) in [5, 5.41) is 0.947. The fourth-order valence-electron chi connectivity index (χ4n) is 4.22. The molecule has 21 heavy (non-hydrogen) atoms. The number of Topliss-reactive ketones (excluding diaryl/α,β-unsaturated/α-hetero) is 1. The summed E-state index contributed by atoms with van der Waals surface area (Å²) in [6.45, 7) is 1.62.